The monoisotopic (exact) mass is 268 g/mol. The Hall–Kier alpha value is -1.47. The van der Waals surface area contributed by atoms with Gasteiger partial charge in [-0.3, -0.25) is 10.1 Å². The van der Waals surface area contributed by atoms with Crippen molar-refractivity contribution < 1.29 is 4.79 Å². The first-order chi connectivity index (χ1) is 8.10. The maximum Gasteiger partial charge on any atom is 0.279 e. The van der Waals surface area contributed by atoms with Gasteiger partial charge in [-0.05, 0) is 13.8 Å². The van der Waals surface area contributed by atoms with E-state index < -0.39 is 0 Å². The van der Waals surface area contributed by atoms with Gasteiger partial charge >= 0.3 is 0 Å². The molecule has 0 aliphatic heterocycles. The van der Waals surface area contributed by atoms with Gasteiger partial charge < -0.3 is 5.32 Å². The van der Waals surface area contributed by atoms with E-state index in [1.54, 1.807) is 7.05 Å². The van der Waals surface area contributed by atoms with Crippen LogP contribution in [0, 0.1) is 13.8 Å². The molecule has 0 saturated carbocycles. The van der Waals surface area contributed by atoms with Gasteiger partial charge in [0.1, 0.15) is 5.00 Å². The van der Waals surface area contributed by atoms with E-state index in [1.807, 2.05) is 19.2 Å². The van der Waals surface area contributed by atoms with Crippen molar-refractivity contribution in [2.24, 2.45) is 0 Å². The van der Waals surface area contributed by atoms with Crippen LogP contribution in [0.5, 0.6) is 0 Å². The number of thiazole rings is 2. The summed E-state index contributed by atoms with van der Waals surface area (Å²) < 4.78 is 0. The number of amides is 1. The largest absolute Gasteiger partial charge is 0.378 e. The van der Waals surface area contributed by atoms with Crippen LogP contribution in [0.25, 0.3) is 0 Å². The van der Waals surface area contributed by atoms with Crippen LogP contribution in [-0.2, 0) is 0 Å². The van der Waals surface area contributed by atoms with Crippen molar-refractivity contribution >= 4 is 38.7 Å². The molecule has 2 aromatic heterocycles. The Balaban J connectivity index is 2.19. The van der Waals surface area contributed by atoms with E-state index in [1.165, 1.54) is 22.7 Å². The molecule has 5 nitrogen and oxygen atoms in total. The topological polar surface area (TPSA) is 66.9 Å². The number of carbonyl (C=O) groups is 1. The Bertz CT molecular complexity index is 546. The van der Waals surface area contributed by atoms with Gasteiger partial charge in [-0.25, -0.2) is 9.97 Å². The highest BCUT2D eigenvalue weighted by molar-refractivity contribution is 7.16. The molecule has 2 N–H and O–H groups in total. The normalized spacial score (nSPS) is 10.3. The van der Waals surface area contributed by atoms with Crippen molar-refractivity contribution in [2.45, 2.75) is 13.8 Å². The number of aryl methyl sites for hydroxylation is 2. The zero-order valence-electron chi connectivity index (χ0n) is 9.70. The summed E-state index contributed by atoms with van der Waals surface area (Å²) in [6.07, 6.45) is 0. The molecule has 0 saturated heterocycles. The van der Waals surface area contributed by atoms with Crippen molar-refractivity contribution in [1.82, 2.24) is 9.97 Å². The fourth-order valence-electron chi connectivity index (χ4n) is 1.32. The number of nitrogens with one attached hydrogen (secondary N) is 2. The van der Waals surface area contributed by atoms with Gasteiger partial charge in [0.05, 0.1) is 10.7 Å². The maximum absolute atomic E-state index is 12.0. The summed E-state index contributed by atoms with van der Waals surface area (Å²) in [4.78, 5) is 20.4. The molecule has 0 aliphatic carbocycles. The highest BCUT2D eigenvalue weighted by Gasteiger charge is 2.17. The van der Waals surface area contributed by atoms with Crippen LogP contribution in [0.1, 0.15) is 21.2 Å². The average Bonchev–Trinajstić information content (AvgIpc) is 2.84. The lowest BCUT2D eigenvalue weighted by molar-refractivity contribution is 0.102. The minimum absolute atomic E-state index is 0.229. The molecule has 90 valence electrons. The first kappa shape index (κ1) is 12.0. The number of anilines is 2. The quantitative estimate of drug-likeness (QED) is 0.897. The minimum Gasteiger partial charge on any atom is -0.378 e. The predicted octanol–water partition coefficient (Wildman–Crippen LogP) is 2.51. The Labute approximate surface area is 107 Å². The number of aromatic nitrogens is 2. The molecule has 0 atom stereocenters. The molecule has 17 heavy (non-hydrogen) atoms. The first-order valence-electron chi connectivity index (χ1n) is 4.99. The molecule has 0 aromatic carbocycles. The van der Waals surface area contributed by atoms with E-state index in [0.29, 0.717) is 10.8 Å². The van der Waals surface area contributed by atoms with Gasteiger partial charge in [0.25, 0.3) is 5.91 Å². The average molecular weight is 268 g/mol. The fraction of sp³-hybridized carbons (Fsp3) is 0.300. The molecule has 0 bridgehead atoms. The van der Waals surface area contributed by atoms with E-state index in [9.17, 15) is 4.79 Å². The smallest absolute Gasteiger partial charge is 0.279 e. The number of hydrogen-bond acceptors (Lipinski definition) is 6. The molecular formula is C10H12N4OS2. The Morgan fingerprint density at radius 2 is 2.12 bits per heavy atom. The summed E-state index contributed by atoms with van der Waals surface area (Å²) in [5.41, 5.74) is 1.32. The maximum atomic E-state index is 12.0. The highest BCUT2D eigenvalue weighted by atomic mass is 32.1. The van der Waals surface area contributed by atoms with Crippen molar-refractivity contribution in [2.75, 3.05) is 17.7 Å². The minimum atomic E-state index is -0.229. The summed E-state index contributed by atoms with van der Waals surface area (Å²) >= 11 is 2.86. The van der Waals surface area contributed by atoms with E-state index in [4.69, 9.17) is 0 Å². The third-order valence-corrected chi connectivity index (χ3v) is 3.88. The van der Waals surface area contributed by atoms with Gasteiger partial charge in [0, 0.05) is 12.4 Å². The van der Waals surface area contributed by atoms with E-state index in [-0.39, 0.29) is 5.91 Å². The lowest BCUT2D eigenvalue weighted by Crippen LogP contribution is -2.13. The van der Waals surface area contributed by atoms with Crippen LogP contribution in [0.15, 0.2) is 5.38 Å². The van der Waals surface area contributed by atoms with Crippen molar-refractivity contribution in [3.05, 3.63) is 21.8 Å². The van der Waals surface area contributed by atoms with Crippen LogP contribution in [0.2, 0.25) is 0 Å². The predicted molar refractivity (Wildman–Crippen MR) is 71.2 cm³/mol. The first-order valence-corrected chi connectivity index (χ1v) is 6.68. The summed E-state index contributed by atoms with van der Waals surface area (Å²) in [5, 5.41) is 9.82. The van der Waals surface area contributed by atoms with Crippen LogP contribution in [0.3, 0.4) is 0 Å². The fourth-order valence-corrected chi connectivity index (χ4v) is 2.77. The Morgan fingerprint density at radius 1 is 1.35 bits per heavy atom. The van der Waals surface area contributed by atoms with Crippen molar-refractivity contribution in [3.63, 3.8) is 0 Å². The standard InChI is InChI=1S/C10H12N4OS2/c1-5-4-16-10(12-5)14-8(15)7-9(11-3)17-6(2)13-7/h4,11H,1-3H3,(H,12,14,15). The van der Waals surface area contributed by atoms with Crippen LogP contribution in [-0.4, -0.2) is 22.9 Å². The molecule has 0 spiro atoms. The molecule has 2 heterocycles. The molecular weight excluding hydrogens is 256 g/mol. The number of rotatable bonds is 3. The molecule has 2 rings (SSSR count). The molecule has 0 fully saturated rings. The molecule has 0 aliphatic rings. The number of nitrogens with zero attached hydrogens (tertiary/aromatic N) is 2. The third-order valence-electron chi connectivity index (χ3n) is 2.02. The van der Waals surface area contributed by atoms with Crippen LogP contribution < -0.4 is 10.6 Å². The van der Waals surface area contributed by atoms with E-state index in [2.05, 4.69) is 20.6 Å². The Kier molecular flexibility index (Phi) is 3.39. The van der Waals surface area contributed by atoms with Gasteiger partial charge in [0.2, 0.25) is 0 Å². The van der Waals surface area contributed by atoms with E-state index >= 15 is 0 Å². The second-order valence-electron chi connectivity index (χ2n) is 3.41. The summed E-state index contributed by atoms with van der Waals surface area (Å²) in [5.74, 6) is -0.229. The van der Waals surface area contributed by atoms with Crippen LogP contribution in [0.4, 0.5) is 10.1 Å². The number of hydrogen-bond donors (Lipinski definition) is 2. The SMILES string of the molecule is CNc1sc(C)nc1C(=O)Nc1nc(C)cs1. The second-order valence-corrected chi connectivity index (χ2v) is 5.47. The third kappa shape index (κ3) is 2.62. The lowest BCUT2D eigenvalue weighted by Gasteiger charge is -2.00. The molecule has 0 unspecified atom stereocenters. The molecule has 7 heteroatoms. The zero-order chi connectivity index (χ0) is 12.4. The Morgan fingerprint density at radius 3 is 2.71 bits per heavy atom. The summed E-state index contributed by atoms with van der Waals surface area (Å²) in [6.45, 7) is 3.76. The molecule has 0 radical (unpaired) electrons. The summed E-state index contributed by atoms with van der Waals surface area (Å²) in [6, 6.07) is 0. The van der Waals surface area contributed by atoms with Crippen LogP contribution >= 0.6 is 22.7 Å². The number of carbonyl (C=O) groups excluding carboxylic acids is 1. The summed E-state index contributed by atoms with van der Waals surface area (Å²) in [7, 11) is 1.78. The van der Waals surface area contributed by atoms with Crippen molar-refractivity contribution in [1.29, 1.82) is 0 Å². The second kappa shape index (κ2) is 4.80. The highest BCUT2D eigenvalue weighted by Crippen LogP contribution is 2.24. The van der Waals surface area contributed by atoms with Gasteiger partial charge in [-0.2, -0.15) is 0 Å². The molecule has 1 amide bonds. The lowest BCUT2D eigenvalue weighted by atomic mass is 10.4. The zero-order valence-corrected chi connectivity index (χ0v) is 11.3. The van der Waals surface area contributed by atoms with E-state index in [0.717, 1.165) is 15.7 Å². The van der Waals surface area contributed by atoms with Crippen molar-refractivity contribution in [3.8, 4) is 0 Å². The van der Waals surface area contributed by atoms with Gasteiger partial charge in [-0.1, -0.05) is 0 Å². The molecule has 2 aromatic rings. The van der Waals surface area contributed by atoms with Gasteiger partial charge in [0.15, 0.2) is 10.8 Å². The van der Waals surface area contributed by atoms with Gasteiger partial charge in [-0.15, -0.1) is 22.7 Å².